The third-order valence-corrected chi connectivity index (χ3v) is 6.16. The number of anilines is 1. The van der Waals surface area contributed by atoms with Crippen molar-refractivity contribution in [1.29, 1.82) is 0 Å². The first kappa shape index (κ1) is 30.3. The molecule has 11 heteroatoms. The Hall–Kier alpha value is -3.29. The van der Waals surface area contributed by atoms with Crippen LogP contribution in [0.3, 0.4) is 0 Å². The van der Waals surface area contributed by atoms with Crippen molar-refractivity contribution in [3.63, 3.8) is 0 Å². The Morgan fingerprint density at radius 3 is 2.46 bits per heavy atom. The van der Waals surface area contributed by atoms with Gasteiger partial charge in [-0.25, -0.2) is 19.0 Å². The molecule has 0 aromatic carbocycles. The molecule has 0 radical (unpaired) electrons. The normalized spacial score (nSPS) is 12.5. The van der Waals surface area contributed by atoms with Crippen molar-refractivity contribution in [2.45, 2.75) is 85.6 Å². The van der Waals surface area contributed by atoms with Crippen LogP contribution in [0, 0.1) is 17.7 Å². The molecule has 0 aliphatic heterocycles. The fraction of sp³-hybridized carbons (Fsp3) is 0.464. The monoisotopic (exact) mass is 577 g/mol. The molecule has 0 bridgehead atoms. The summed E-state index contributed by atoms with van der Waals surface area (Å²) < 4.78 is 32.8. The summed E-state index contributed by atoms with van der Waals surface area (Å²) in [6.07, 6.45) is -1.18. The molecule has 210 valence electrons. The number of pyridine rings is 1. The number of thiophene rings is 1. The molecule has 3 rings (SSSR count). The molecule has 1 N–H and O–H groups in total. The Kier molecular flexibility index (Phi) is 9.19. The quantitative estimate of drug-likeness (QED) is 0.241. The number of halogens is 2. The van der Waals surface area contributed by atoms with Gasteiger partial charge in [0.2, 0.25) is 0 Å². The zero-order valence-electron chi connectivity index (χ0n) is 23.3. The Labute approximate surface area is 236 Å². The largest absolute Gasteiger partial charge is 0.456 e. The molecule has 0 aliphatic carbocycles. The molecule has 0 saturated heterocycles. The fourth-order valence-electron chi connectivity index (χ4n) is 3.67. The Morgan fingerprint density at radius 1 is 1.23 bits per heavy atom. The minimum atomic E-state index is -0.928. The van der Waals surface area contributed by atoms with Crippen molar-refractivity contribution in [2.75, 3.05) is 4.90 Å². The average molecular weight is 578 g/mol. The minimum absolute atomic E-state index is 0.00321. The molecule has 3 aromatic rings. The van der Waals surface area contributed by atoms with Crippen LogP contribution in [0.5, 0.6) is 0 Å². The van der Waals surface area contributed by atoms with Crippen LogP contribution in [-0.2, 0) is 22.4 Å². The maximum absolute atomic E-state index is 15.7. The zero-order valence-corrected chi connectivity index (χ0v) is 24.9. The number of hydrogen-bond acceptors (Lipinski definition) is 7. The van der Waals surface area contributed by atoms with Crippen molar-refractivity contribution in [1.82, 2.24) is 10.3 Å². The highest BCUT2D eigenvalue weighted by molar-refractivity contribution is 7.09. The van der Waals surface area contributed by atoms with Gasteiger partial charge >= 0.3 is 12.2 Å². The lowest BCUT2D eigenvalue weighted by atomic mass is 10.1. The third-order valence-electron chi connectivity index (χ3n) is 5.05. The first-order valence-electron chi connectivity index (χ1n) is 12.3. The summed E-state index contributed by atoms with van der Waals surface area (Å²) in [5.74, 6) is 5.19. The van der Waals surface area contributed by atoms with E-state index in [1.54, 1.807) is 55.4 Å². The molecule has 3 heterocycles. The second-order valence-electron chi connectivity index (χ2n) is 10.9. The molecule has 0 aliphatic rings. The smallest absolute Gasteiger partial charge is 0.415 e. The van der Waals surface area contributed by atoms with Gasteiger partial charge in [-0.1, -0.05) is 23.6 Å². The number of aromatic nitrogens is 1. The van der Waals surface area contributed by atoms with Crippen molar-refractivity contribution in [3.8, 4) is 11.8 Å². The van der Waals surface area contributed by atoms with E-state index in [1.807, 2.05) is 17.5 Å². The third kappa shape index (κ3) is 7.87. The number of furan rings is 1. The highest BCUT2D eigenvalue weighted by Gasteiger charge is 2.33. The first-order valence-corrected chi connectivity index (χ1v) is 13.6. The molecule has 0 fully saturated rings. The van der Waals surface area contributed by atoms with E-state index in [4.69, 9.17) is 25.5 Å². The molecular weight excluding hydrogens is 545 g/mol. The van der Waals surface area contributed by atoms with Gasteiger partial charge < -0.3 is 19.2 Å². The Bertz CT molecular complexity index is 1410. The van der Waals surface area contributed by atoms with Gasteiger partial charge in [-0.3, -0.25) is 4.90 Å². The summed E-state index contributed by atoms with van der Waals surface area (Å²) >= 11 is 7.65. The van der Waals surface area contributed by atoms with Gasteiger partial charge in [0.15, 0.2) is 16.6 Å². The number of hydrogen-bond donors (Lipinski definition) is 1. The summed E-state index contributed by atoms with van der Waals surface area (Å²) in [6.45, 7) is 13.9. The summed E-state index contributed by atoms with van der Waals surface area (Å²) in [7, 11) is 0. The van der Waals surface area contributed by atoms with Crippen LogP contribution in [0.1, 0.15) is 71.6 Å². The zero-order chi connectivity index (χ0) is 29.1. The van der Waals surface area contributed by atoms with Gasteiger partial charge in [0, 0.05) is 17.3 Å². The second kappa shape index (κ2) is 11.8. The van der Waals surface area contributed by atoms with Crippen LogP contribution in [-0.4, -0.2) is 34.4 Å². The number of carbonyl (C=O) groups is 2. The maximum Gasteiger partial charge on any atom is 0.415 e. The van der Waals surface area contributed by atoms with E-state index in [0.29, 0.717) is 11.3 Å². The van der Waals surface area contributed by atoms with Gasteiger partial charge in [0.25, 0.3) is 0 Å². The highest BCUT2D eigenvalue weighted by Crippen LogP contribution is 2.39. The van der Waals surface area contributed by atoms with Crippen molar-refractivity contribution in [3.05, 3.63) is 44.7 Å². The molecule has 0 unspecified atom stereocenters. The topological polar surface area (TPSA) is 93.9 Å². The number of nitrogens with one attached hydrogen (secondary N) is 1. The molecule has 1 atom stereocenters. The second-order valence-corrected chi connectivity index (χ2v) is 12.3. The predicted octanol–water partition coefficient (Wildman–Crippen LogP) is 7.45. The number of carbonyl (C=O) groups excluding carboxylic acids is 2. The molecule has 3 aromatic heterocycles. The number of ether oxygens (including phenoxy) is 2. The molecule has 39 heavy (non-hydrogen) atoms. The first-order chi connectivity index (χ1) is 18.1. The van der Waals surface area contributed by atoms with E-state index in [2.05, 4.69) is 22.1 Å². The van der Waals surface area contributed by atoms with E-state index >= 15 is 4.39 Å². The molecule has 0 spiro atoms. The summed E-state index contributed by atoms with van der Waals surface area (Å²) in [6, 6.07) is 3.22. The standard InChI is InChI=1S/C28H33ClFN3O5S/c1-9-11-18-19(14-16(2)31-25(34)37-27(3,4)5)36-23-21(18)32-24(29)20(30)22(23)33(15-17-12-10-13-39-17)26(35)38-28(6,7)8/h10,12-13,16H,14-15H2,1-8H3,(H,31,34)/t16-/m0/s1. The number of amides is 2. The van der Waals surface area contributed by atoms with Crippen molar-refractivity contribution < 1.29 is 27.9 Å². The number of rotatable bonds is 6. The van der Waals surface area contributed by atoms with Crippen molar-refractivity contribution >= 4 is 51.9 Å². The SMILES string of the molecule is CC#Cc1c(C[C@H](C)NC(=O)OC(C)(C)C)oc2c(N(Cc3cccs3)C(=O)OC(C)(C)C)c(F)c(Cl)nc12. The van der Waals surface area contributed by atoms with Crippen LogP contribution in [0.2, 0.25) is 5.15 Å². The van der Waals surface area contributed by atoms with Gasteiger partial charge in [-0.15, -0.1) is 17.3 Å². The number of nitrogens with zero attached hydrogens (tertiary/aromatic N) is 2. The van der Waals surface area contributed by atoms with E-state index in [0.717, 1.165) is 9.78 Å². The van der Waals surface area contributed by atoms with Gasteiger partial charge in [-0.05, 0) is 66.8 Å². The summed E-state index contributed by atoms with van der Waals surface area (Å²) in [4.78, 5) is 31.8. The highest BCUT2D eigenvalue weighted by atomic mass is 35.5. The van der Waals surface area contributed by atoms with Gasteiger partial charge in [-0.2, -0.15) is 0 Å². The lowest BCUT2D eigenvalue weighted by Crippen LogP contribution is -2.38. The van der Waals surface area contributed by atoms with E-state index in [1.165, 1.54) is 11.3 Å². The fourth-order valence-corrected chi connectivity index (χ4v) is 4.53. The van der Waals surface area contributed by atoms with E-state index < -0.39 is 40.4 Å². The Balaban J connectivity index is 2.13. The van der Waals surface area contributed by atoms with Crippen LogP contribution < -0.4 is 10.2 Å². The lowest BCUT2D eigenvalue weighted by Gasteiger charge is -2.27. The lowest BCUT2D eigenvalue weighted by molar-refractivity contribution is 0.0505. The summed E-state index contributed by atoms with van der Waals surface area (Å²) in [5.41, 5.74) is -1.13. The van der Waals surface area contributed by atoms with Gasteiger partial charge in [0.05, 0.1) is 12.1 Å². The van der Waals surface area contributed by atoms with E-state index in [9.17, 15) is 9.59 Å². The van der Waals surface area contributed by atoms with Crippen molar-refractivity contribution in [2.24, 2.45) is 0 Å². The minimum Gasteiger partial charge on any atom is -0.456 e. The van der Waals surface area contributed by atoms with E-state index in [-0.39, 0.29) is 29.8 Å². The number of fused-ring (bicyclic) bond motifs is 1. The molecule has 2 amide bonds. The number of alkyl carbamates (subject to hydrolysis) is 1. The Morgan fingerprint density at radius 2 is 1.90 bits per heavy atom. The van der Waals surface area contributed by atoms with Crippen LogP contribution >= 0.6 is 22.9 Å². The molecular formula is C28H33ClFN3O5S. The predicted molar refractivity (Wildman–Crippen MR) is 151 cm³/mol. The summed E-state index contributed by atoms with van der Waals surface area (Å²) in [5, 5.41) is 4.17. The van der Waals surface area contributed by atoms with Crippen LogP contribution in [0.25, 0.3) is 11.1 Å². The maximum atomic E-state index is 15.7. The van der Waals surface area contributed by atoms with Gasteiger partial charge in [0.1, 0.15) is 28.2 Å². The average Bonchev–Trinajstić information content (AvgIpc) is 3.40. The van der Waals surface area contributed by atoms with Crippen LogP contribution in [0.15, 0.2) is 21.9 Å². The molecule has 0 saturated carbocycles. The molecule has 8 nitrogen and oxygen atoms in total. The van der Waals surface area contributed by atoms with Crippen LogP contribution in [0.4, 0.5) is 19.7 Å².